The highest BCUT2D eigenvalue weighted by Crippen LogP contribution is 2.24. The van der Waals surface area contributed by atoms with Gasteiger partial charge in [-0.2, -0.15) is 0 Å². The molecule has 24 heavy (non-hydrogen) atoms. The number of amides is 2. The molecule has 0 bridgehead atoms. The molecule has 2 heterocycles. The van der Waals surface area contributed by atoms with E-state index in [2.05, 4.69) is 4.98 Å². The number of hydrogen-bond donors (Lipinski definition) is 0. The Kier molecular flexibility index (Phi) is 3.09. The average molecular weight is 318 g/mol. The van der Waals surface area contributed by atoms with E-state index in [9.17, 15) is 14.4 Å². The number of nitrogens with zero attached hydrogens (tertiary/aromatic N) is 2. The van der Waals surface area contributed by atoms with Crippen LogP contribution in [0.4, 0.5) is 0 Å². The van der Waals surface area contributed by atoms with Crippen molar-refractivity contribution in [2.24, 2.45) is 0 Å². The summed E-state index contributed by atoms with van der Waals surface area (Å²) in [5.74, 6) is -2.09. The molecule has 0 radical (unpaired) electrons. The van der Waals surface area contributed by atoms with Gasteiger partial charge in [0.05, 0.1) is 16.7 Å². The summed E-state index contributed by atoms with van der Waals surface area (Å²) in [4.78, 5) is 46.0. The van der Waals surface area contributed by atoms with Crippen LogP contribution in [0.3, 0.4) is 0 Å². The molecule has 2 amide bonds. The summed E-state index contributed by atoms with van der Waals surface area (Å²) < 4.78 is 0. The minimum Gasteiger partial charge on any atom is -0.324 e. The highest BCUT2D eigenvalue weighted by Gasteiger charge is 2.38. The van der Waals surface area contributed by atoms with Crippen LogP contribution in [-0.2, 0) is 4.84 Å². The largest absolute Gasteiger partial charge is 0.364 e. The number of fused-ring (bicyclic) bond motifs is 2. The van der Waals surface area contributed by atoms with Crippen molar-refractivity contribution in [2.75, 3.05) is 0 Å². The summed E-state index contributed by atoms with van der Waals surface area (Å²) >= 11 is 0. The van der Waals surface area contributed by atoms with Crippen molar-refractivity contribution in [3.05, 3.63) is 77.6 Å². The monoisotopic (exact) mass is 318 g/mol. The standard InChI is InChI=1S/C18H10N2O4/c21-16-12-5-1-2-6-13(12)17(22)20(16)24-18(23)14-7-3-4-11-8-9-19-10-15(11)14/h1-10H. The summed E-state index contributed by atoms with van der Waals surface area (Å²) in [7, 11) is 0. The van der Waals surface area contributed by atoms with Crippen LogP contribution in [0.15, 0.2) is 60.9 Å². The van der Waals surface area contributed by atoms with Crippen LogP contribution in [0, 0.1) is 0 Å². The molecule has 0 unspecified atom stereocenters. The van der Waals surface area contributed by atoms with Gasteiger partial charge < -0.3 is 4.84 Å². The molecule has 3 aromatic rings. The number of pyridine rings is 1. The van der Waals surface area contributed by atoms with Crippen LogP contribution in [0.1, 0.15) is 31.1 Å². The molecule has 0 saturated heterocycles. The molecule has 1 aromatic heterocycles. The lowest BCUT2D eigenvalue weighted by molar-refractivity contribution is -0.0583. The maximum atomic E-state index is 12.5. The van der Waals surface area contributed by atoms with Crippen molar-refractivity contribution < 1.29 is 19.2 Å². The third-order valence-corrected chi connectivity index (χ3v) is 3.83. The molecule has 6 heteroatoms. The van der Waals surface area contributed by atoms with Crippen LogP contribution in [0.25, 0.3) is 10.8 Å². The molecule has 2 aromatic carbocycles. The lowest BCUT2D eigenvalue weighted by atomic mass is 10.1. The van der Waals surface area contributed by atoms with E-state index in [0.717, 1.165) is 5.39 Å². The predicted molar refractivity (Wildman–Crippen MR) is 84.1 cm³/mol. The number of hydroxylamine groups is 2. The van der Waals surface area contributed by atoms with E-state index in [1.807, 2.05) is 6.07 Å². The van der Waals surface area contributed by atoms with Crippen molar-refractivity contribution in [1.29, 1.82) is 0 Å². The summed E-state index contributed by atoms with van der Waals surface area (Å²) in [6, 6.07) is 13.2. The normalized spacial score (nSPS) is 13.2. The molecule has 0 atom stereocenters. The maximum Gasteiger partial charge on any atom is 0.364 e. The Morgan fingerprint density at radius 1 is 0.917 bits per heavy atom. The fraction of sp³-hybridized carbons (Fsp3) is 0. The molecule has 116 valence electrons. The molecule has 4 rings (SSSR count). The van der Waals surface area contributed by atoms with Gasteiger partial charge in [-0.05, 0) is 29.7 Å². The Balaban J connectivity index is 1.68. The van der Waals surface area contributed by atoms with Crippen LogP contribution in [0.5, 0.6) is 0 Å². The first kappa shape index (κ1) is 14.1. The molecular weight excluding hydrogens is 308 g/mol. The van der Waals surface area contributed by atoms with Crippen LogP contribution >= 0.6 is 0 Å². The first-order valence-corrected chi connectivity index (χ1v) is 7.19. The van der Waals surface area contributed by atoms with E-state index >= 15 is 0 Å². The number of carbonyl (C=O) groups is 3. The Morgan fingerprint density at radius 2 is 1.62 bits per heavy atom. The minimum atomic E-state index is -0.789. The first-order valence-electron chi connectivity index (χ1n) is 7.19. The van der Waals surface area contributed by atoms with Gasteiger partial charge in [0.1, 0.15) is 0 Å². The van der Waals surface area contributed by atoms with Gasteiger partial charge in [0.25, 0.3) is 11.8 Å². The van der Waals surface area contributed by atoms with Crippen molar-refractivity contribution >= 4 is 28.6 Å². The van der Waals surface area contributed by atoms with Crippen LogP contribution in [-0.4, -0.2) is 27.8 Å². The molecule has 0 saturated carbocycles. The first-order chi connectivity index (χ1) is 11.7. The van der Waals surface area contributed by atoms with Crippen molar-refractivity contribution in [2.45, 2.75) is 0 Å². The lowest BCUT2D eigenvalue weighted by Gasteiger charge is -2.13. The second-order valence-electron chi connectivity index (χ2n) is 5.23. The number of imide groups is 1. The topological polar surface area (TPSA) is 76.6 Å². The number of aromatic nitrogens is 1. The summed E-state index contributed by atoms with van der Waals surface area (Å²) in [5, 5.41) is 1.89. The Labute approximate surface area is 136 Å². The van der Waals surface area contributed by atoms with Gasteiger partial charge in [-0.1, -0.05) is 29.3 Å². The molecular formula is C18H10N2O4. The highest BCUT2D eigenvalue weighted by atomic mass is 16.7. The molecule has 1 aliphatic rings. The quantitative estimate of drug-likeness (QED) is 0.679. The third-order valence-electron chi connectivity index (χ3n) is 3.83. The van der Waals surface area contributed by atoms with Crippen LogP contribution in [0.2, 0.25) is 0 Å². The van der Waals surface area contributed by atoms with Crippen molar-refractivity contribution in [3.8, 4) is 0 Å². The average Bonchev–Trinajstić information content (AvgIpc) is 2.86. The molecule has 6 nitrogen and oxygen atoms in total. The van der Waals surface area contributed by atoms with Gasteiger partial charge in [0, 0.05) is 17.8 Å². The zero-order valence-electron chi connectivity index (χ0n) is 12.3. The van der Waals surface area contributed by atoms with E-state index in [0.29, 0.717) is 10.4 Å². The van der Waals surface area contributed by atoms with Gasteiger partial charge in [0.2, 0.25) is 0 Å². The number of carbonyl (C=O) groups excluding carboxylic acids is 3. The minimum absolute atomic E-state index is 0.217. The highest BCUT2D eigenvalue weighted by molar-refractivity contribution is 6.21. The van der Waals surface area contributed by atoms with Gasteiger partial charge >= 0.3 is 5.97 Å². The van der Waals surface area contributed by atoms with E-state index < -0.39 is 17.8 Å². The second kappa shape index (κ2) is 5.27. The number of hydrogen-bond acceptors (Lipinski definition) is 5. The van der Waals surface area contributed by atoms with Crippen molar-refractivity contribution in [3.63, 3.8) is 0 Å². The fourth-order valence-corrected chi connectivity index (χ4v) is 2.67. The molecule has 0 N–H and O–H groups in total. The Bertz CT molecular complexity index is 972. The van der Waals surface area contributed by atoms with Crippen molar-refractivity contribution in [1.82, 2.24) is 10.0 Å². The van der Waals surface area contributed by atoms with Gasteiger partial charge in [-0.25, -0.2) is 4.79 Å². The van der Waals surface area contributed by atoms with Gasteiger partial charge in [-0.15, -0.1) is 0 Å². The smallest absolute Gasteiger partial charge is 0.324 e. The summed E-state index contributed by atoms with van der Waals surface area (Å²) in [5.41, 5.74) is 0.668. The zero-order valence-corrected chi connectivity index (χ0v) is 12.3. The van der Waals surface area contributed by atoms with E-state index in [-0.39, 0.29) is 16.7 Å². The van der Waals surface area contributed by atoms with Gasteiger partial charge in [0.15, 0.2) is 0 Å². The zero-order chi connectivity index (χ0) is 16.7. The molecule has 0 fully saturated rings. The van der Waals surface area contributed by atoms with E-state index in [1.54, 1.807) is 36.5 Å². The molecule has 0 spiro atoms. The summed E-state index contributed by atoms with van der Waals surface area (Å²) in [6.45, 7) is 0. The van der Waals surface area contributed by atoms with E-state index in [1.165, 1.54) is 18.3 Å². The van der Waals surface area contributed by atoms with Gasteiger partial charge in [-0.3, -0.25) is 14.6 Å². The Hall–Kier alpha value is -3.54. The third kappa shape index (κ3) is 2.04. The lowest BCUT2D eigenvalue weighted by Crippen LogP contribution is -2.32. The molecule has 1 aliphatic heterocycles. The molecule has 0 aliphatic carbocycles. The Morgan fingerprint density at radius 3 is 2.33 bits per heavy atom. The fourth-order valence-electron chi connectivity index (χ4n) is 2.67. The second-order valence-corrected chi connectivity index (χ2v) is 5.23. The number of benzene rings is 2. The predicted octanol–water partition coefficient (Wildman–Crippen LogP) is 2.60. The van der Waals surface area contributed by atoms with E-state index in [4.69, 9.17) is 4.84 Å². The SMILES string of the molecule is O=C(ON1C(=O)c2ccccc2C1=O)c1cccc2ccncc12. The summed E-state index contributed by atoms with van der Waals surface area (Å²) in [6.07, 6.45) is 3.15. The maximum absolute atomic E-state index is 12.5. The van der Waals surface area contributed by atoms with Crippen LogP contribution < -0.4 is 0 Å². The number of rotatable bonds is 2.